The Morgan fingerprint density at radius 3 is 0.639 bits per heavy atom. The standard InChI is InChI=1S/C60H34F28N4O12S4/c61-33-5-1-25(105(93,94)101-21-53(69,70)49(65)57(77,78)79)17-29(33)45-37-9-11-39(89-37)46(30-18-26(2-6-34(30)62)106(95,96)102-22-54(71,72)50(66)58(80,81)82)41-13-15-43(91-41)48(32-20-28(4-8-36(32)64)108(99,100)104-24-56(75,76)52(68)60(86,87)88)44-16-14-42(92-44)47(40-12-10-38(45)90-40)31-19-27(3-7-35(31)63)107(97,98)103-23-55(73,74)51(67)59(83,84)85/h1-20,49-52,89,92H,21-24H2. The van der Waals surface area contributed by atoms with Crippen LogP contribution in [0.1, 0.15) is 22.8 Å². The fourth-order valence-corrected chi connectivity index (χ4v) is 13.7. The lowest BCUT2D eigenvalue weighted by molar-refractivity contribution is -0.250. The molecule has 0 aliphatic carbocycles. The van der Waals surface area contributed by atoms with Gasteiger partial charge in [0.25, 0.3) is 65.2 Å². The van der Waals surface area contributed by atoms with Gasteiger partial charge in [-0.05, 0) is 121 Å². The van der Waals surface area contributed by atoms with Crippen LogP contribution >= 0.6 is 0 Å². The lowest BCUT2D eigenvalue weighted by Crippen LogP contribution is -2.45. The number of nitrogens with one attached hydrogen (secondary N) is 2. The molecule has 0 spiro atoms. The van der Waals surface area contributed by atoms with Crippen molar-refractivity contribution in [3.8, 4) is 44.5 Å². The van der Waals surface area contributed by atoms with E-state index in [0.717, 1.165) is 48.6 Å². The van der Waals surface area contributed by atoms with Crippen LogP contribution in [0, 0.1) is 23.3 Å². The first-order valence-electron chi connectivity index (χ1n) is 28.6. The van der Waals surface area contributed by atoms with Gasteiger partial charge in [0, 0.05) is 66.6 Å². The van der Waals surface area contributed by atoms with Gasteiger partial charge in [0.1, 0.15) is 49.7 Å². The van der Waals surface area contributed by atoms with Crippen molar-refractivity contribution in [1.82, 2.24) is 19.9 Å². The van der Waals surface area contributed by atoms with E-state index < -0.39 is 272 Å². The van der Waals surface area contributed by atoms with Crippen molar-refractivity contribution in [2.24, 2.45) is 0 Å². The molecule has 2 aliphatic rings. The third kappa shape index (κ3) is 17.4. The summed E-state index contributed by atoms with van der Waals surface area (Å²) < 4.78 is 521. The zero-order valence-electron chi connectivity index (χ0n) is 51.7. The molecule has 0 fully saturated rings. The predicted molar refractivity (Wildman–Crippen MR) is 317 cm³/mol. The van der Waals surface area contributed by atoms with Gasteiger partial charge in [0.05, 0.1) is 42.4 Å². The topological polar surface area (TPSA) is 231 Å². The Labute approximate surface area is 584 Å². The predicted octanol–water partition coefficient (Wildman–Crippen LogP) is 16.8. The third-order valence-corrected chi connectivity index (χ3v) is 20.0. The van der Waals surface area contributed by atoms with Gasteiger partial charge in [-0.15, -0.1) is 0 Å². The van der Waals surface area contributed by atoms with Crippen molar-refractivity contribution in [3.05, 3.63) is 143 Å². The lowest BCUT2D eigenvalue weighted by atomic mass is 10.0. The summed E-state index contributed by atoms with van der Waals surface area (Å²) in [5.41, 5.74) is -15.3. The molecule has 0 saturated heterocycles. The number of rotatable bonds is 24. The zero-order valence-corrected chi connectivity index (χ0v) is 55.0. The number of alkyl halides is 24. The second-order valence-electron chi connectivity index (χ2n) is 22.6. The minimum Gasteiger partial charge on any atom is -0.354 e. The van der Waals surface area contributed by atoms with Crippen LogP contribution in [-0.4, -0.2) is 153 Å². The van der Waals surface area contributed by atoms with Crippen molar-refractivity contribution < 1.29 is 173 Å². The zero-order chi connectivity index (χ0) is 80.8. The van der Waals surface area contributed by atoms with Crippen LogP contribution in [0.15, 0.2) is 117 Å². The number of nitrogens with zero attached hydrogens (tertiary/aromatic N) is 2. The molecule has 3 aromatic heterocycles. The number of fused-ring (bicyclic) bond motifs is 8. The molecule has 9 rings (SSSR count). The van der Waals surface area contributed by atoms with E-state index in [-0.39, 0.29) is 72.8 Å². The Morgan fingerprint density at radius 1 is 0.296 bits per heavy atom. The van der Waals surface area contributed by atoms with Crippen LogP contribution in [0.5, 0.6) is 0 Å². The summed E-state index contributed by atoms with van der Waals surface area (Å²) in [7, 11) is -24.0. The maximum atomic E-state index is 16.8. The number of aromatic amines is 2. The van der Waals surface area contributed by atoms with Gasteiger partial charge < -0.3 is 9.97 Å². The molecule has 5 heterocycles. The largest absolute Gasteiger partial charge is 0.425 e. The molecule has 16 nitrogen and oxygen atoms in total. The van der Waals surface area contributed by atoms with Gasteiger partial charge in [-0.25, -0.2) is 80.2 Å². The van der Waals surface area contributed by atoms with E-state index in [2.05, 4.69) is 36.7 Å². The van der Waals surface area contributed by atoms with Gasteiger partial charge in [0.2, 0.25) is 0 Å². The van der Waals surface area contributed by atoms with Gasteiger partial charge in [-0.3, -0.25) is 16.7 Å². The van der Waals surface area contributed by atoms with Crippen LogP contribution in [0.2, 0.25) is 0 Å². The summed E-state index contributed by atoms with van der Waals surface area (Å²) >= 11 is 0. The molecule has 586 valence electrons. The monoisotopic (exact) mass is 1660 g/mol. The fraction of sp³-hybridized carbons (Fsp3) is 0.267. The Hall–Kier alpha value is -8.84. The van der Waals surface area contributed by atoms with Crippen LogP contribution in [0.25, 0.3) is 90.9 Å². The van der Waals surface area contributed by atoms with Gasteiger partial charge in [0.15, 0.2) is 0 Å². The summed E-state index contributed by atoms with van der Waals surface area (Å²) in [6.45, 7) is -11.7. The maximum absolute atomic E-state index is 16.8. The Bertz CT molecular complexity index is 4780. The summed E-state index contributed by atoms with van der Waals surface area (Å²) in [5, 5.41) is 0. The minimum absolute atomic E-state index is 0.152. The molecule has 7 aromatic rings. The Balaban J connectivity index is 1.41. The molecular weight excluding hydrogens is 1630 g/mol. The molecule has 4 aromatic carbocycles. The average molecular weight is 1660 g/mol. The van der Waals surface area contributed by atoms with Crippen molar-refractivity contribution in [2.45, 2.75) is 92.7 Å². The van der Waals surface area contributed by atoms with E-state index >= 15 is 17.6 Å². The van der Waals surface area contributed by atoms with Crippen molar-refractivity contribution >= 4 is 86.8 Å². The normalized spacial score (nSPS) is 15.2. The first-order chi connectivity index (χ1) is 49.3. The van der Waals surface area contributed by atoms with E-state index in [9.17, 15) is 139 Å². The maximum Gasteiger partial charge on any atom is 0.425 e. The van der Waals surface area contributed by atoms with Crippen molar-refractivity contribution in [1.29, 1.82) is 0 Å². The molecule has 108 heavy (non-hydrogen) atoms. The SMILES string of the molecule is O=S(=O)(OCC(F)(F)C(F)C(F)(F)F)c1ccc(F)c(-c2c3nc(c(-c4cc(S(=O)(=O)OCC(F)(F)C(F)C(F)(F)F)ccc4F)c4ccc([nH]4)c(-c4cc(S(=O)(=O)OCC(F)(F)C(F)C(F)(F)F)ccc4F)c4nc(c(-c5cc(S(=O)(=O)OCC(F)(F)C(F)C(F)(F)F)ccc5F)c5ccc2[nH]5)C=C4)C=C3)c1. The second kappa shape index (κ2) is 28.9. The fourth-order valence-electron chi connectivity index (χ4n) is 9.89. The third-order valence-electron chi connectivity index (χ3n) is 15.0. The van der Waals surface area contributed by atoms with Crippen LogP contribution in [0.4, 0.5) is 123 Å². The summed E-state index contributed by atoms with van der Waals surface area (Å²) in [4.78, 5) is 7.58. The van der Waals surface area contributed by atoms with E-state index in [4.69, 9.17) is 0 Å². The number of benzene rings is 4. The molecule has 8 bridgehead atoms. The summed E-state index contributed by atoms with van der Waals surface area (Å²) in [6.07, 6.45) is -42.9. The highest BCUT2D eigenvalue weighted by Crippen LogP contribution is 2.46. The van der Waals surface area contributed by atoms with Crippen LogP contribution < -0.4 is 0 Å². The summed E-state index contributed by atoms with van der Waals surface area (Å²) in [5.74, 6) is -29.6. The quantitative estimate of drug-likeness (QED) is 0.0423. The number of H-pyrrole nitrogens is 2. The first-order valence-corrected chi connectivity index (χ1v) is 34.2. The summed E-state index contributed by atoms with van der Waals surface area (Å²) in [6, 6.07) is 5.16. The highest BCUT2D eigenvalue weighted by atomic mass is 32.2. The molecule has 4 atom stereocenters. The molecular formula is C60H34F28N4O12S4. The number of hydrogen-bond acceptors (Lipinski definition) is 14. The molecule has 2 aliphatic heterocycles. The van der Waals surface area contributed by atoms with Crippen LogP contribution in [0.3, 0.4) is 0 Å². The second-order valence-corrected chi connectivity index (χ2v) is 29.1. The van der Waals surface area contributed by atoms with E-state index in [1.807, 2.05) is 0 Å². The number of aromatic nitrogens is 4. The molecule has 48 heteroatoms. The minimum atomic E-state index is -6.36. The lowest BCUT2D eigenvalue weighted by Gasteiger charge is -2.22. The highest BCUT2D eigenvalue weighted by molar-refractivity contribution is 7.87. The van der Waals surface area contributed by atoms with Crippen LogP contribution in [-0.2, 0) is 57.2 Å². The first kappa shape index (κ1) is 83.2. The Kier molecular flexibility index (Phi) is 22.2. The molecule has 4 unspecified atom stereocenters. The molecule has 0 amide bonds. The molecule has 2 N–H and O–H groups in total. The Morgan fingerprint density at radius 2 is 0.472 bits per heavy atom. The molecule has 0 saturated carbocycles. The molecule has 0 radical (unpaired) electrons. The smallest absolute Gasteiger partial charge is 0.354 e. The number of hydrogen-bond donors (Lipinski definition) is 2. The van der Waals surface area contributed by atoms with E-state index in [1.165, 1.54) is 0 Å². The van der Waals surface area contributed by atoms with Crippen molar-refractivity contribution in [3.63, 3.8) is 0 Å². The van der Waals surface area contributed by atoms with Gasteiger partial charge >= 0.3 is 48.4 Å². The number of halogens is 28. The average Bonchev–Trinajstić information content (AvgIpc) is 1.57. The van der Waals surface area contributed by atoms with Crippen molar-refractivity contribution in [2.75, 3.05) is 26.4 Å². The van der Waals surface area contributed by atoms with Gasteiger partial charge in [-0.1, -0.05) is 0 Å². The van der Waals surface area contributed by atoms with E-state index in [1.54, 1.807) is 0 Å². The highest BCUT2D eigenvalue weighted by Gasteiger charge is 2.61. The van der Waals surface area contributed by atoms with Gasteiger partial charge in [-0.2, -0.15) is 86.4 Å². The van der Waals surface area contributed by atoms with E-state index in [0.29, 0.717) is 0 Å².